The molecule has 0 bridgehead atoms. The summed E-state index contributed by atoms with van der Waals surface area (Å²) in [7, 11) is -3.31. The Morgan fingerprint density at radius 1 is 1.29 bits per heavy atom. The summed E-state index contributed by atoms with van der Waals surface area (Å²) < 4.78 is 32.5. The van der Waals surface area contributed by atoms with E-state index in [4.69, 9.17) is 4.74 Å². The Labute approximate surface area is 144 Å². The molecule has 2 heterocycles. The number of nitrogens with one attached hydrogen (secondary N) is 1. The highest BCUT2D eigenvalue weighted by Crippen LogP contribution is 2.28. The van der Waals surface area contributed by atoms with E-state index in [9.17, 15) is 8.42 Å². The Morgan fingerprint density at radius 2 is 2.17 bits per heavy atom. The van der Waals surface area contributed by atoms with E-state index in [0.717, 1.165) is 36.9 Å². The molecule has 2 aromatic rings. The Kier molecular flexibility index (Phi) is 5.46. The molecule has 24 heavy (non-hydrogen) atoms. The fourth-order valence-corrected chi connectivity index (χ4v) is 4.68. The number of aromatic nitrogens is 1. The topological polar surface area (TPSA) is 60.3 Å². The van der Waals surface area contributed by atoms with E-state index in [0.29, 0.717) is 24.6 Å². The van der Waals surface area contributed by atoms with Gasteiger partial charge in [0.15, 0.2) is 0 Å². The maximum Gasteiger partial charge on any atom is 0.238 e. The van der Waals surface area contributed by atoms with Crippen LogP contribution in [0.1, 0.15) is 39.0 Å². The minimum absolute atomic E-state index is 0.182. The minimum Gasteiger partial charge on any atom is -0.491 e. The van der Waals surface area contributed by atoms with Gasteiger partial charge in [0.05, 0.1) is 11.3 Å². The van der Waals surface area contributed by atoms with Crippen molar-refractivity contribution in [3.8, 4) is 5.75 Å². The average molecular weight is 350 g/mol. The summed E-state index contributed by atoms with van der Waals surface area (Å²) >= 11 is 0. The van der Waals surface area contributed by atoms with Crippen molar-refractivity contribution in [1.29, 1.82) is 0 Å². The van der Waals surface area contributed by atoms with Crippen molar-refractivity contribution in [3.05, 3.63) is 30.5 Å². The maximum atomic E-state index is 12.6. The molecule has 1 aromatic carbocycles. The fraction of sp³-hybridized carbons (Fsp3) is 0.556. The summed E-state index contributed by atoms with van der Waals surface area (Å²) in [6, 6.07) is 7.83. The Bertz CT molecular complexity index is 777. The number of ether oxygens (including phenoxy) is 1. The van der Waals surface area contributed by atoms with Gasteiger partial charge in [-0.1, -0.05) is 25.8 Å². The number of hydrogen-bond acceptors (Lipinski definition) is 4. The van der Waals surface area contributed by atoms with Gasteiger partial charge in [0.1, 0.15) is 12.4 Å². The zero-order valence-electron chi connectivity index (χ0n) is 14.2. The summed E-state index contributed by atoms with van der Waals surface area (Å²) in [5, 5.41) is 4.26. The second kappa shape index (κ2) is 7.57. The van der Waals surface area contributed by atoms with Crippen LogP contribution in [-0.2, 0) is 10.0 Å². The van der Waals surface area contributed by atoms with Crippen LogP contribution in [-0.4, -0.2) is 37.3 Å². The normalized spacial score (nSPS) is 18.3. The second-order valence-corrected chi connectivity index (χ2v) is 8.39. The number of hydrogen-bond donors (Lipinski definition) is 1. The Balaban J connectivity index is 1.80. The molecule has 1 aliphatic heterocycles. The standard InChI is InChI=1S/C18H26N2O3S/c1-2-3-4-13-24(21,22)20-12-10-16-17(20)8-5-9-18(16)23-14-15-7-6-11-19-15/h5,8-10,12,15,19H,2-4,6-7,11,13-14H2,1H3/t15-/m0/s1. The third-order valence-electron chi connectivity index (χ3n) is 4.57. The molecule has 3 rings (SSSR count). The lowest BCUT2D eigenvalue weighted by molar-refractivity contribution is 0.280. The van der Waals surface area contributed by atoms with Crippen LogP contribution in [0, 0.1) is 0 Å². The largest absolute Gasteiger partial charge is 0.491 e. The predicted octanol–water partition coefficient (Wildman–Crippen LogP) is 3.14. The zero-order chi connectivity index (χ0) is 17.0. The molecule has 1 N–H and O–H groups in total. The fourth-order valence-electron chi connectivity index (χ4n) is 3.21. The molecule has 132 valence electrons. The maximum absolute atomic E-state index is 12.6. The first-order valence-electron chi connectivity index (χ1n) is 8.81. The van der Waals surface area contributed by atoms with Crippen molar-refractivity contribution < 1.29 is 13.2 Å². The van der Waals surface area contributed by atoms with Gasteiger partial charge >= 0.3 is 0 Å². The van der Waals surface area contributed by atoms with Gasteiger partial charge in [0.25, 0.3) is 0 Å². The smallest absolute Gasteiger partial charge is 0.238 e. The van der Waals surface area contributed by atoms with Gasteiger partial charge in [-0.2, -0.15) is 0 Å². The molecule has 1 aromatic heterocycles. The number of benzene rings is 1. The lowest BCUT2D eigenvalue weighted by Gasteiger charge is -2.13. The summed E-state index contributed by atoms with van der Waals surface area (Å²) in [6.07, 6.45) is 6.60. The van der Waals surface area contributed by atoms with E-state index < -0.39 is 10.0 Å². The summed E-state index contributed by atoms with van der Waals surface area (Å²) in [6.45, 7) is 3.73. The van der Waals surface area contributed by atoms with E-state index in [1.54, 1.807) is 6.20 Å². The monoisotopic (exact) mass is 350 g/mol. The highest BCUT2D eigenvalue weighted by Gasteiger charge is 2.18. The minimum atomic E-state index is -3.31. The molecule has 0 unspecified atom stereocenters. The van der Waals surface area contributed by atoms with Gasteiger partial charge in [-0.05, 0) is 44.0 Å². The third kappa shape index (κ3) is 3.75. The number of rotatable bonds is 8. The first kappa shape index (κ1) is 17.3. The molecule has 0 radical (unpaired) electrons. The van der Waals surface area contributed by atoms with Crippen molar-refractivity contribution in [2.75, 3.05) is 18.9 Å². The Morgan fingerprint density at radius 3 is 2.92 bits per heavy atom. The van der Waals surface area contributed by atoms with Crippen LogP contribution in [0.3, 0.4) is 0 Å². The van der Waals surface area contributed by atoms with Gasteiger partial charge in [-0.15, -0.1) is 0 Å². The van der Waals surface area contributed by atoms with E-state index in [1.165, 1.54) is 10.4 Å². The van der Waals surface area contributed by atoms with Crippen LogP contribution in [0.4, 0.5) is 0 Å². The first-order chi connectivity index (χ1) is 11.6. The van der Waals surface area contributed by atoms with E-state index >= 15 is 0 Å². The highest BCUT2D eigenvalue weighted by molar-refractivity contribution is 7.90. The van der Waals surface area contributed by atoms with Gasteiger partial charge in [0.2, 0.25) is 10.0 Å². The third-order valence-corrected chi connectivity index (χ3v) is 6.29. The van der Waals surface area contributed by atoms with Crippen molar-refractivity contribution >= 4 is 20.9 Å². The number of unbranched alkanes of at least 4 members (excludes halogenated alkanes) is 2. The van der Waals surface area contributed by atoms with Gasteiger partial charge < -0.3 is 10.1 Å². The molecule has 1 atom stereocenters. The van der Waals surface area contributed by atoms with Crippen LogP contribution in [0.2, 0.25) is 0 Å². The molecule has 6 heteroatoms. The van der Waals surface area contributed by atoms with Crippen LogP contribution in [0.25, 0.3) is 10.9 Å². The lowest BCUT2D eigenvalue weighted by atomic mass is 10.2. The van der Waals surface area contributed by atoms with Crippen molar-refractivity contribution in [2.45, 2.75) is 45.1 Å². The number of fused-ring (bicyclic) bond motifs is 1. The van der Waals surface area contributed by atoms with E-state index in [-0.39, 0.29) is 5.75 Å². The molecule has 0 amide bonds. The number of nitrogens with zero attached hydrogens (tertiary/aromatic N) is 1. The molecule has 5 nitrogen and oxygen atoms in total. The molecular formula is C18H26N2O3S. The molecular weight excluding hydrogens is 324 g/mol. The first-order valence-corrected chi connectivity index (χ1v) is 10.4. The Hall–Kier alpha value is -1.53. The van der Waals surface area contributed by atoms with Crippen LogP contribution < -0.4 is 10.1 Å². The van der Waals surface area contributed by atoms with Gasteiger partial charge in [-0.25, -0.2) is 12.4 Å². The van der Waals surface area contributed by atoms with Crippen molar-refractivity contribution in [3.63, 3.8) is 0 Å². The highest BCUT2D eigenvalue weighted by atomic mass is 32.2. The molecule has 1 fully saturated rings. The van der Waals surface area contributed by atoms with Crippen LogP contribution in [0.15, 0.2) is 30.5 Å². The quantitative estimate of drug-likeness (QED) is 0.743. The van der Waals surface area contributed by atoms with Crippen LogP contribution >= 0.6 is 0 Å². The molecule has 1 saturated heterocycles. The predicted molar refractivity (Wildman–Crippen MR) is 97.2 cm³/mol. The molecule has 0 saturated carbocycles. The summed E-state index contributed by atoms with van der Waals surface area (Å²) in [5.41, 5.74) is 0.698. The van der Waals surface area contributed by atoms with Crippen molar-refractivity contribution in [2.24, 2.45) is 0 Å². The van der Waals surface area contributed by atoms with E-state index in [1.807, 2.05) is 24.3 Å². The molecule has 0 spiro atoms. The SMILES string of the molecule is CCCCCS(=O)(=O)n1ccc2c(OC[C@@H]3CCCN3)cccc21. The second-order valence-electron chi connectivity index (χ2n) is 6.43. The van der Waals surface area contributed by atoms with Crippen molar-refractivity contribution in [1.82, 2.24) is 9.29 Å². The van der Waals surface area contributed by atoms with Gasteiger partial charge in [-0.3, -0.25) is 0 Å². The zero-order valence-corrected chi connectivity index (χ0v) is 15.0. The molecule has 1 aliphatic rings. The summed E-state index contributed by atoms with van der Waals surface area (Å²) in [5.74, 6) is 0.936. The van der Waals surface area contributed by atoms with E-state index in [2.05, 4.69) is 12.2 Å². The average Bonchev–Trinajstić information content (AvgIpc) is 3.22. The lowest BCUT2D eigenvalue weighted by Crippen LogP contribution is -2.28. The molecule has 0 aliphatic carbocycles. The summed E-state index contributed by atoms with van der Waals surface area (Å²) in [4.78, 5) is 0. The van der Waals surface area contributed by atoms with Crippen LogP contribution in [0.5, 0.6) is 5.75 Å². The van der Waals surface area contributed by atoms with Gasteiger partial charge in [0, 0.05) is 17.6 Å².